The van der Waals surface area contributed by atoms with Gasteiger partial charge in [0, 0.05) is 0 Å². The van der Waals surface area contributed by atoms with Crippen molar-refractivity contribution in [2.75, 3.05) is 0 Å². The molecule has 0 amide bonds. The van der Waals surface area contributed by atoms with E-state index < -0.39 is 0 Å². The Bertz CT molecular complexity index is 153. The van der Waals surface area contributed by atoms with E-state index in [2.05, 4.69) is 32.6 Å². The van der Waals surface area contributed by atoms with Crippen LogP contribution in [0.25, 0.3) is 0 Å². The third kappa shape index (κ3) is 1.73. The molecule has 0 aromatic rings. The van der Waals surface area contributed by atoms with Gasteiger partial charge in [-0.3, -0.25) is 0 Å². The van der Waals surface area contributed by atoms with E-state index in [1.165, 1.54) is 18.4 Å². The zero-order valence-corrected chi connectivity index (χ0v) is 6.93. The predicted octanol–water partition coefficient (Wildman–Crippen LogP) is 3.16. The standard InChI is InChI=1S/C10H16/c1-8(2)10-6-4-5-9(3)7-10/h4,6,9-10H,1,5,7H2,2-3H3/t9-,10-/m0/s1. The van der Waals surface area contributed by atoms with Crippen LogP contribution in [0.2, 0.25) is 0 Å². The fraction of sp³-hybridized carbons (Fsp3) is 0.600. The minimum absolute atomic E-state index is 0.656. The molecule has 2 atom stereocenters. The number of rotatable bonds is 1. The van der Waals surface area contributed by atoms with E-state index in [1.54, 1.807) is 0 Å². The maximum Gasteiger partial charge on any atom is -0.00261 e. The molecule has 0 spiro atoms. The Morgan fingerprint density at radius 3 is 2.70 bits per heavy atom. The minimum atomic E-state index is 0.656. The second-order valence-corrected chi connectivity index (χ2v) is 3.46. The highest BCUT2D eigenvalue weighted by molar-refractivity contribution is 5.09. The highest BCUT2D eigenvalue weighted by Gasteiger charge is 2.13. The molecule has 1 aliphatic carbocycles. The lowest BCUT2D eigenvalue weighted by molar-refractivity contribution is 0.462. The normalized spacial score (nSPS) is 32.2. The van der Waals surface area contributed by atoms with Crippen LogP contribution in [0.3, 0.4) is 0 Å². The smallest absolute Gasteiger partial charge is 0.00261 e. The molecule has 56 valence electrons. The van der Waals surface area contributed by atoms with Crippen molar-refractivity contribution in [3.8, 4) is 0 Å². The zero-order chi connectivity index (χ0) is 7.56. The Labute approximate surface area is 63.6 Å². The van der Waals surface area contributed by atoms with Crippen molar-refractivity contribution >= 4 is 0 Å². The number of hydrogen-bond acceptors (Lipinski definition) is 0. The van der Waals surface area contributed by atoms with Gasteiger partial charge in [0.15, 0.2) is 0 Å². The Balaban J connectivity index is 2.55. The molecule has 0 bridgehead atoms. The first-order chi connectivity index (χ1) is 4.70. The molecular formula is C10H16. The number of allylic oxidation sites excluding steroid dienone is 3. The maximum atomic E-state index is 3.96. The summed E-state index contributed by atoms with van der Waals surface area (Å²) in [5.74, 6) is 1.51. The van der Waals surface area contributed by atoms with Gasteiger partial charge in [0.2, 0.25) is 0 Å². The van der Waals surface area contributed by atoms with Gasteiger partial charge in [-0.05, 0) is 31.6 Å². The lowest BCUT2D eigenvalue weighted by Gasteiger charge is -2.21. The van der Waals surface area contributed by atoms with Crippen molar-refractivity contribution in [1.82, 2.24) is 0 Å². The fourth-order valence-electron chi connectivity index (χ4n) is 1.45. The molecule has 1 rings (SSSR count). The van der Waals surface area contributed by atoms with Crippen LogP contribution in [0, 0.1) is 11.8 Å². The molecule has 0 unspecified atom stereocenters. The van der Waals surface area contributed by atoms with Crippen molar-refractivity contribution in [2.24, 2.45) is 11.8 Å². The summed E-state index contributed by atoms with van der Waals surface area (Å²) in [4.78, 5) is 0. The van der Waals surface area contributed by atoms with Crippen LogP contribution < -0.4 is 0 Å². The van der Waals surface area contributed by atoms with E-state index in [9.17, 15) is 0 Å². The van der Waals surface area contributed by atoms with Crippen molar-refractivity contribution in [3.63, 3.8) is 0 Å². The lowest BCUT2D eigenvalue weighted by Crippen LogP contribution is -2.08. The average molecular weight is 136 g/mol. The van der Waals surface area contributed by atoms with Crippen LogP contribution in [0.4, 0.5) is 0 Å². The van der Waals surface area contributed by atoms with Gasteiger partial charge in [-0.15, -0.1) is 0 Å². The van der Waals surface area contributed by atoms with Crippen LogP contribution >= 0.6 is 0 Å². The molecule has 0 saturated heterocycles. The van der Waals surface area contributed by atoms with E-state index in [4.69, 9.17) is 0 Å². The summed E-state index contributed by atoms with van der Waals surface area (Å²) in [5, 5.41) is 0. The molecular weight excluding hydrogens is 120 g/mol. The van der Waals surface area contributed by atoms with Gasteiger partial charge >= 0.3 is 0 Å². The molecule has 0 fully saturated rings. The van der Waals surface area contributed by atoms with Crippen LogP contribution in [0.5, 0.6) is 0 Å². The SMILES string of the molecule is C=C(C)[C@H]1C=CC[C@H](C)C1. The van der Waals surface area contributed by atoms with Gasteiger partial charge in [-0.25, -0.2) is 0 Å². The second-order valence-electron chi connectivity index (χ2n) is 3.46. The van der Waals surface area contributed by atoms with Crippen molar-refractivity contribution < 1.29 is 0 Å². The first-order valence-electron chi connectivity index (χ1n) is 4.02. The summed E-state index contributed by atoms with van der Waals surface area (Å²) in [7, 11) is 0. The van der Waals surface area contributed by atoms with Crippen molar-refractivity contribution in [1.29, 1.82) is 0 Å². The van der Waals surface area contributed by atoms with Gasteiger partial charge in [0.05, 0.1) is 0 Å². The summed E-state index contributed by atoms with van der Waals surface area (Å²) < 4.78 is 0. The van der Waals surface area contributed by atoms with Crippen LogP contribution in [-0.4, -0.2) is 0 Å². The molecule has 0 heterocycles. The summed E-state index contributed by atoms with van der Waals surface area (Å²) in [6.45, 7) is 8.39. The van der Waals surface area contributed by atoms with Gasteiger partial charge < -0.3 is 0 Å². The third-order valence-corrected chi connectivity index (χ3v) is 2.20. The molecule has 0 radical (unpaired) electrons. The molecule has 0 aliphatic heterocycles. The minimum Gasteiger partial charge on any atom is -0.0995 e. The highest BCUT2D eigenvalue weighted by atomic mass is 14.2. The second kappa shape index (κ2) is 3.05. The van der Waals surface area contributed by atoms with E-state index in [0.717, 1.165) is 5.92 Å². The first kappa shape index (κ1) is 7.59. The van der Waals surface area contributed by atoms with E-state index >= 15 is 0 Å². The van der Waals surface area contributed by atoms with Crippen molar-refractivity contribution in [2.45, 2.75) is 26.7 Å². The topological polar surface area (TPSA) is 0 Å². The fourth-order valence-corrected chi connectivity index (χ4v) is 1.45. The quantitative estimate of drug-likeness (QED) is 0.486. The Morgan fingerprint density at radius 2 is 2.30 bits per heavy atom. The average Bonchev–Trinajstić information content (AvgIpc) is 1.88. The summed E-state index contributed by atoms with van der Waals surface area (Å²) >= 11 is 0. The van der Waals surface area contributed by atoms with Gasteiger partial charge in [-0.1, -0.05) is 31.2 Å². The van der Waals surface area contributed by atoms with Crippen molar-refractivity contribution in [3.05, 3.63) is 24.3 Å². The maximum absolute atomic E-state index is 3.96. The molecule has 1 aliphatic rings. The van der Waals surface area contributed by atoms with E-state index in [0.29, 0.717) is 5.92 Å². The molecule has 0 nitrogen and oxygen atoms in total. The Morgan fingerprint density at radius 1 is 1.60 bits per heavy atom. The Kier molecular flexibility index (Phi) is 2.31. The lowest BCUT2D eigenvalue weighted by atomic mass is 9.84. The summed E-state index contributed by atoms with van der Waals surface area (Å²) in [5.41, 5.74) is 1.31. The van der Waals surface area contributed by atoms with Crippen LogP contribution in [0.1, 0.15) is 26.7 Å². The van der Waals surface area contributed by atoms with E-state index in [1.807, 2.05) is 0 Å². The molecule has 0 saturated carbocycles. The van der Waals surface area contributed by atoms with Gasteiger partial charge in [0.25, 0.3) is 0 Å². The molecule has 0 heteroatoms. The van der Waals surface area contributed by atoms with Crippen LogP contribution in [0.15, 0.2) is 24.3 Å². The highest BCUT2D eigenvalue weighted by Crippen LogP contribution is 2.26. The van der Waals surface area contributed by atoms with Gasteiger partial charge in [-0.2, -0.15) is 0 Å². The Hall–Kier alpha value is -0.520. The predicted molar refractivity (Wildman–Crippen MR) is 45.8 cm³/mol. The first-order valence-corrected chi connectivity index (χ1v) is 4.02. The zero-order valence-electron chi connectivity index (χ0n) is 6.93. The largest absolute Gasteiger partial charge is 0.0995 e. The summed E-state index contributed by atoms with van der Waals surface area (Å²) in [6, 6.07) is 0. The monoisotopic (exact) mass is 136 g/mol. The summed E-state index contributed by atoms with van der Waals surface area (Å²) in [6.07, 6.45) is 7.13. The van der Waals surface area contributed by atoms with E-state index in [-0.39, 0.29) is 0 Å². The van der Waals surface area contributed by atoms with Gasteiger partial charge in [0.1, 0.15) is 0 Å². The molecule has 0 aromatic heterocycles. The molecule has 0 N–H and O–H groups in total. The molecule has 0 aromatic carbocycles. The van der Waals surface area contributed by atoms with Crippen LogP contribution in [-0.2, 0) is 0 Å². The third-order valence-electron chi connectivity index (χ3n) is 2.20. The molecule has 10 heavy (non-hydrogen) atoms. The number of hydrogen-bond donors (Lipinski definition) is 0.